The summed E-state index contributed by atoms with van der Waals surface area (Å²) in [5.41, 5.74) is 2.03. The second kappa shape index (κ2) is 12.0. The Labute approximate surface area is 221 Å². The first-order valence-electron chi connectivity index (χ1n) is 12.7. The molecule has 0 spiro atoms. The molecule has 1 atom stereocenters. The quantitative estimate of drug-likeness (QED) is 0.411. The van der Waals surface area contributed by atoms with Crippen LogP contribution in [-0.4, -0.2) is 102 Å². The SMILES string of the molecule is CN(C)C/C=C/C(=O)N1CC[C@H](Nc2cc(CN3CCOCC3)cc(Nc3nc4cccnc4s3)n2)C1. The lowest BCUT2D eigenvalue weighted by molar-refractivity contribution is -0.125. The lowest BCUT2D eigenvalue weighted by Crippen LogP contribution is -2.35. The van der Waals surface area contributed by atoms with Crippen molar-refractivity contribution in [2.24, 2.45) is 0 Å². The van der Waals surface area contributed by atoms with E-state index in [1.807, 2.05) is 42.1 Å². The molecule has 0 aliphatic carbocycles. The van der Waals surface area contributed by atoms with Gasteiger partial charge in [0.25, 0.3) is 0 Å². The highest BCUT2D eigenvalue weighted by atomic mass is 32.1. The van der Waals surface area contributed by atoms with Crippen molar-refractivity contribution < 1.29 is 9.53 Å². The van der Waals surface area contributed by atoms with Crippen molar-refractivity contribution in [3.05, 3.63) is 48.2 Å². The van der Waals surface area contributed by atoms with E-state index in [1.165, 1.54) is 16.9 Å². The topological polar surface area (TPSA) is 98.8 Å². The van der Waals surface area contributed by atoms with Gasteiger partial charge in [0, 0.05) is 57.6 Å². The minimum Gasteiger partial charge on any atom is -0.379 e. The molecule has 37 heavy (non-hydrogen) atoms. The van der Waals surface area contributed by atoms with Crippen LogP contribution in [0.15, 0.2) is 42.6 Å². The molecule has 5 rings (SSSR count). The summed E-state index contributed by atoms with van der Waals surface area (Å²) >= 11 is 1.51. The van der Waals surface area contributed by atoms with Crippen molar-refractivity contribution in [1.29, 1.82) is 0 Å². The number of fused-ring (bicyclic) bond motifs is 1. The fourth-order valence-electron chi connectivity index (χ4n) is 4.52. The Balaban J connectivity index is 1.29. The summed E-state index contributed by atoms with van der Waals surface area (Å²) in [6.07, 6.45) is 6.25. The van der Waals surface area contributed by atoms with Gasteiger partial charge in [0.15, 0.2) is 5.13 Å². The zero-order valence-electron chi connectivity index (χ0n) is 21.4. The number of nitrogens with zero attached hydrogens (tertiary/aromatic N) is 6. The van der Waals surface area contributed by atoms with Crippen LogP contribution < -0.4 is 10.6 Å². The van der Waals surface area contributed by atoms with Crippen molar-refractivity contribution in [3.63, 3.8) is 0 Å². The molecule has 0 unspecified atom stereocenters. The number of likely N-dealkylation sites (tertiary alicyclic amines) is 1. The van der Waals surface area contributed by atoms with Gasteiger partial charge >= 0.3 is 0 Å². The number of aromatic nitrogens is 3. The molecule has 11 heteroatoms. The number of ether oxygens (including phenoxy) is 1. The van der Waals surface area contributed by atoms with Crippen LogP contribution in [0.1, 0.15) is 12.0 Å². The van der Waals surface area contributed by atoms with E-state index >= 15 is 0 Å². The number of amides is 1. The second-order valence-electron chi connectivity index (χ2n) is 9.68. The number of morpholine rings is 1. The number of hydrogen-bond acceptors (Lipinski definition) is 10. The molecule has 2 aliphatic heterocycles. The lowest BCUT2D eigenvalue weighted by atomic mass is 10.2. The molecule has 0 bridgehead atoms. The molecule has 1 amide bonds. The van der Waals surface area contributed by atoms with Gasteiger partial charge in [0.2, 0.25) is 5.91 Å². The summed E-state index contributed by atoms with van der Waals surface area (Å²) in [5, 5.41) is 7.73. The van der Waals surface area contributed by atoms with Crippen molar-refractivity contribution in [2.45, 2.75) is 19.0 Å². The zero-order valence-corrected chi connectivity index (χ0v) is 22.2. The summed E-state index contributed by atoms with van der Waals surface area (Å²) in [6.45, 7) is 6.32. The van der Waals surface area contributed by atoms with Crippen LogP contribution in [0.3, 0.4) is 0 Å². The Morgan fingerprint density at radius 1 is 1.22 bits per heavy atom. The van der Waals surface area contributed by atoms with Gasteiger partial charge in [-0.25, -0.2) is 15.0 Å². The average Bonchev–Trinajstić information content (AvgIpc) is 3.51. The Hall–Kier alpha value is -3.12. The summed E-state index contributed by atoms with van der Waals surface area (Å²) in [5.74, 6) is 1.60. The monoisotopic (exact) mass is 522 g/mol. The van der Waals surface area contributed by atoms with Gasteiger partial charge in [-0.2, -0.15) is 0 Å². The number of thiazole rings is 1. The lowest BCUT2D eigenvalue weighted by Gasteiger charge is -2.27. The number of nitrogens with one attached hydrogen (secondary N) is 2. The van der Waals surface area contributed by atoms with Gasteiger partial charge < -0.3 is 25.2 Å². The van der Waals surface area contributed by atoms with Gasteiger partial charge in [-0.15, -0.1) is 0 Å². The molecule has 2 fully saturated rings. The number of rotatable bonds is 9. The van der Waals surface area contributed by atoms with Gasteiger partial charge in [-0.3, -0.25) is 9.69 Å². The summed E-state index contributed by atoms with van der Waals surface area (Å²) in [6, 6.07) is 8.20. The third kappa shape index (κ3) is 7.01. The molecular weight excluding hydrogens is 488 g/mol. The highest BCUT2D eigenvalue weighted by Crippen LogP contribution is 2.28. The standard InChI is InChI=1S/C26H34N8O2S/c1-32(2)9-4-6-24(35)34-10-7-20(18-34)28-22-15-19(17-33-11-13-36-14-12-33)16-23(30-22)31-26-29-21-5-3-8-27-25(21)37-26/h3-6,8,15-16,20H,7,9-14,17-18H2,1-2H3,(H2,28,29,30,31)/b6-4+/t20-/m0/s1. The van der Waals surface area contributed by atoms with E-state index in [0.717, 1.165) is 79.5 Å². The molecule has 196 valence electrons. The summed E-state index contributed by atoms with van der Waals surface area (Å²) in [7, 11) is 3.98. The predicted octanol–water partition coefficient (Wildman–Crippen LogP) is 2.79. The molecule has 2 aliphatic rings. The van der Waals surface area contributed by atoms with E-state index in [1.54, 1.807) is 12.3 Å². The fourth-order valence-corrected chi connectivity index (χ4v) is 5.34. The first-order chi connectivity index (χ1) is 18.0. The van der Waals surface area contributed by atoms with Crippen LogP contribution in [-0.2, 0) is 16.1 Å². The van der Waals surface area contributed by atoms with E-state index in [-0.39, 0.29) is 11.9 Å². The Morgan fingerprint density at radius 3 is 2.86 bits per heavy atom. The third-order valence-electron chi connectivity index (χ3n) is 6.38. The summed E-state index contributed by atoms with van der Waals surface area (Å²) in [4.78, 5) is 33.7. The normalized spacial score (nSPS) is 18.8. The predicted molar refractivity (Wildman–Crippen MR) is 147 cm³/mol. The second-order valence-corrected chi connectivity index (χ2v) is 10.7. The molecule has 0 radical (unpaired) electrons. The number of pyridine rings is 2. The van der Waals surface area contributed by atoms with E-state index < -0.39 is 0 Å². The number of carbonyl (C=O) groups excluding carboxylic acids is 1. The number of anilines is 3. The number of hydrogen-bond donors (Lipinski definition) is 2. The van der Waals surface area contributed by atoms with Gasteiger partial charge in [-0.05, 0) is 50.3 Å². The fraction of sp³-hybridized carbons (Fsp3) is 0.462. The summed E-state index contributed by atoms with van der Waals surface area (Å²) < 4.78 is 5.52. The first kappa shape index (κ1) is 25.5. The smallest absolute Gasteiger partial charge is 0.246 e. The van der Waals surface area contributed by atoms with Crippen molar-refractivity contribution >= 4 is 44.4 Å². The molecule has 2 saturated heterocycles. The van der Waals surface area contributed by atoms with E-state index in [2.05, 4.69) is 37.6 Å². The minimum atomic E-state index is 0.0620. The third-order valence-corrected chi connectivity index (χ3v) is 7.27. The highest BCUT2D eigenvalue weighted by Gasteiger charge is 2.25. The zero-order chi connectivity index (χ0) is 25.6. The minimum absolute atomic E-state index is 0.0620. The Morgan fingerprint density at radius 2 is 2.05 bits per heavy atom. The maximum Gasteiger partial charge on any atom is 0.246 e. The van der Waals surface area contributed by atoms with E-state index in [4.69, 9.17) is 9.72 Å². The van der Waals surface area contributed by atoms with E-state index in [0.29, 0.717) is 6.54 Å². The van der Waals surface area contributed by atoms with Gasteiger partial charge in [0.1, 0.15) is 22.0 Å². The van der Waals surface area contributed by atoms with Crippen LogP contribution in [0.5, 0.6) is 0 Å². The highest BCUT2D eigenvalue weighted by molar-refractivity contribution is 7.21. The van der Waals surface area contributed by atoms with Crippen molar-refractivity contribution in [2.75, 3.05) is 70.7 Å². The molecule has 0 aromatic carbocycles. The van der Waals surface area contributed by atoms with Crippen LogP contribution in [0.2, 0.25) is 0 Å². The van der Waals surface area contributed by atoms with Crippen LogP contribution in [0.25, 0.3) is 10.3 Å². The van der Waals surface area contributed by atoms with Crippen LogP contribution in [0.4, 0.5) is 16.8 Å². The first-order valence-corrected chi connectivity index (χ1v) is 13.5. The van der Waals surface area contributed by atoms with Crippen LogP contribution >= 0.6 is 11.3 Å². The Kier molecular flexibility index (Phi) is 8.24. The molecule has 3 aromatic rings. The van der Waals surface area contributed by atoms with E-state index in [9.17, 15) is 4.79 Å². The molecule has 5 heterocycles. The molecular formula is C26H34N8O2S. The largest absolute Gasteiger partial charge is 0.379 e. The molecule has 0 saturated carbocycles. The van der Waals surface area contributed by atoms with Crippen LogP contribution in [0, 0.1) is 0 Å². The Bertz CT molecular complexity index is 1210. The molecule has 3 aromatic heterocycles. The van der Waals surface area contributed by atoms with Gasteiger partial charge in [-0.1, -0.05) is 17.4 Å². The number of carbonyl (C=O) groups is 1. The average molecular weight is 523 g/mol. The molecule has 10 nitrogen and oxygen atoms in total. The van der Waals surface area contributed by atoms with Crippen molar-refractivity contribution in [1.82, 2.24) is 29.7 Å². The maximum absolute atomic E-state index is 12.6. The van der Waals surface area contributed by atoms with Gasteiger partial charge in [0.05, 0.1) is 13.2 Å². The number of likely N-dealkylation sites (N-methyl/N-ethyl adjacent to an activating group) is 1. The maximum atomic E-state index is 12.6. The van der Waals surface area contributed by atoms with Crippen molar-refractivity contribution in [3.8, 4) is 0 Å². The molecule has 2 N–H and O–H groups in total.